The lowest BCUT2D eigenvalue weighted by Gasteiger charge is -2.34. The monoisotopic (exact) mass is 166 g/mol. The molecule has 2 aliphatic heterocycles. The summed E-state index contributed by atoms with van der Waals surface area (Å²) >= 11 is 0. The first kappa shape index (κ1) is 8.03. The number of nitriles is 1. The molecule has 0 aromatic heterocycles. The van der Waals surface area contributed by atoms with Crippen molar-refractivity contribution in [2.75, 3.05) is 26.3 Å². The highest BCUT2D eigenvalue weighted by Crippen LogP contribution is 2.40. The third-order valence-electron chi connectivity index (χ3n) is 3.21. The molecule has 0 amide bonds. The first-order valence-corrected chi connectivity index (χ1v) is 4.55. The molecule has 66 valence electrons. The lowest BCUT2D eigenvalue weighted by molar-refractivity contribution is 0.0126. The summed E-state index contributed by atoms with van der Waals surface area (Å²) in [6.07, 6.45) is 2.11. The van der Waals surface area contributed by atoms with Gasteiger partial charge in [-0.3, -0.25) is 0 Å². The molecule has 3 nitrogen and oxygen atoms in total. The van der Waals surface area contributed by atoms with Crippen molar-refractivity contribution in [2.45, 2.75) is 12.8 Å². The van der Waals surface area contributed by atoms with Gasteiger partial charge in [0.05, 0.1) is 12.0 Å². The highest BCUT2D eigenvalue weighted by molar-refractivity contribution is 5.05. The van der Waals surface area contributed by atoms with Crippen molar-refractivity contribution in [2.24, 2.45) is 11.3 Å². The minimum Gasteiger partial charge on any atom is -0.381 e. The number of hydrogen-bond acceptors (Lipinski definition) is 3. The molecule has 0 aromatic rings. The van der Waals surface area contributed by atoms with E-state index in [0.717, 1.165) is 39.1 Å². The largest absolute Gasteiger partial charge is 0.381 e. The number of hydrogen-bond donors (Lipinski definition) is 1. The van der Waals surface area contributed by atoms with Gasteiger partial charge < -0.3 is 10.1 Å². The molecule has 0 radical (unpaired) electrons. The normalized spacial score (nSPS) is 33.4. The summed E-state index contributed by atoms with van der Waals surface area (Å²) in [4.78, 5) is 0. The third kappa shape index (κ3) is 1.12. The first-order chi connectivity index (χ1) is 5.87. The summed E-state index contributed by atoms with van der Waals surface area (Å²) in [6, 6.07) is 2.41. The molecule has 3 heteroatoms. The number of nitrogens with zero attached hydrogens (tertiary/aromatic N) is 1. The molecule has 2 saturated heterocycles. The molecular formula is C9H14N2O. The Kier molecular flexibility index (Phi) is 2.03. The zero-order chi connectivity index (χ0) is 8.44. The summed E-state index contributed by atoms with van der Waals surface area (Å²) in [7, 11) is 0. The standard InChI is InChI=1S/C9H14N2O/c10-5-8-6-11-7-9(8)1-3-12-4-2-9/h8,11H,1-4,6-7H2/t8-/m1/s1. The maximum Gasteiger partial charge on any atom is 0.0675 e. The van der Waals surface area contributed by atoms with Gasteiger partial charge >= 0.3 is 0 Å². The molecule has 2 rings (SSSR count). The van der Waals surface area contributed by atoms with E-state index in [1.54, 1.807) is 0 Å². The Morgan fingerprint density at radius 1 is 1.42 bits per heavy atom. The molecule has 0 aliphatic carbocycles. The summed E-state index contributed by atoms with van der Waals surface area (Å²) in [6.45, 7) is 3.55. The van der Waals surface area contributed by atoms with E-state index in [0.29, 0.717) is 0 Å². The molecule has 0 unspecified atom stereocenters. The van der Waals surface area contributed by atoms with Gasteiger partial charge in [0.15, 0.2) is 0 Å². The van der Waals surface area contributed by atoms with E-state index in [9.17, 15) is 0 Å². The lowest BCUT2D eigenvalue weighted by Crippen LogP contribution is -2.36. The molecule has 1 spiro atoms. The van der Waals surface area contributed by atoms with E-state index in [4.69, 9.17) is 10.00 Å². The van der Waals surface area contributed by atoms with Crippen LogP contribution < -0.4 is 5.32 Å². The predicted octanol–water partition coefficient (Wildman–Crippen LogP) is 0.526. The molecule has 0 bridgehead atoms. The second-order valence-corrected chi connectivity index (χ2v) is 3.79. The van der Waals surface area contributed by atoms with Crippen LogP contribution in [-0.4, -0.2) is 26.3 Å². The van der Waals surface area contributed by atoms with Crippen LogP contribution in [0.15, 0.2) is 0 Å². The van der Waals surface area contributed by atoms with Crippen LogP contribution in [0.1, 0.15) is 12.8 Å². The van der Waals surface area contributed by atoms with Gasteiger partial charge in [-0.1, -0.05) is 0 Å². The molecule has 12 heavy (non-hydrogen) atoms. The molecule has 2 fully saturated rings. The molecule has 1 atom stereocenters. The Bertz CT molecular complexity index is 203. The van der Waals surface area contributed by atoms with Crippen LogP contribution in [0.5, 0.6) is 0 Å². The van der Waals surface area contributed by atoms with Crippen LogP contribution in [-0.2, 0) is 4.74 Å². The van der Waals surface area contributed by atoms with Crippen molar-refractivity contribution in [3.05, 3.63) is 0 Å². The topological polar surface area (TPSA) is 45.0 Å². The van der Waals surface area contributed by atoms with Gasteiger partial charge in [0, 0.05) is 31.7 Å². The molecule has 1 N–H and O–H groups in total. The second-order valence-electron chi connectivity index (χ2n) is 3.79. The molecular weight excluding hydrogens is 152 g/mol. The number of ether oxygens (including phenoxy) is 1. The minimum absolute atomic E-state index is 0.210. The van der Waals surface area contributed by atoms with Crippen LogP contribution in [0.4, 0.5) is 0 Å². The quantitative estimate of drug-likeness (QED) is 0.571. The fourth-order valence-corrected chi connectivity index (χ4v) is 2.29. The van der Waals surface area contributed by atoms with Gasteiger partial charge in [-0.25, -0.2) is 0 Å². The zero-order valence-corrected chi connectivity index (χ0v) is 7.18. The summed E-state index contributed by atoms with van der Waals surface area (Å²) in [5.74, 6) is 0.210. The fourth-order valence-electron chi connectivity index (χ4n) is 2.29. The Balaban J connectivity index is 2.12. The fraction of sp³-hybridized carbons (Fsp3) is 0.889. The van der Waals surface area contributed by atoms with Crippen LogP contribution >= 0.6 is 0 Å². The Morgan fingerprint density at radius 2 is 2.17 bits per heavy atom. The maximum atomic E-state index is 8.95. The average molecular weight is 166 g/mol. The lowest BCUT2D eigenvalue weighted by atomic mass is 9.73. The summed E-state index contributed by atoms with van der Waals surface area (Å²) in [5, 5.41) is 12.3. The van der Waals surface area contributed by atoms with E-state index in [2.05, 4.69) is 11.4 Å². The van der Waals surface area contributed by atoms with Gasteiger partial charge in [0.1, 0.15) is 0 Å². The smallest absolute Gasteiger partial charge is 0.0675 e. The van der Waals surface area contributed by atoms with Gasteiger partial charge in [-0.05, 0) is 12.8 Å². The van der Waals surface area contributed by atoms with Crippen LogP contribution in [0.3, 0.4) is 0 Å². The highest BCUT2D eigenvalue weighted by Gasteiger charge is 2.43. The third-order valence-corrected chi connectivity index (χ3v) is 3.21. The Morgan fingerprint density at radius 3 is 2.83 bits per heavy atom. The van der Waals surface area contributed by atoms with Crippen LogP contribution in [0, 0.1) is 22.7 Å². The van der Waals surface area contributed by atoms with E-state index < -0.39 is 0 Å². The molecule has 2 heterocycles. The minimum atomic E-state index is 0.210. The van der Waals surface area contributed by atoms with Crippen LogP contribution in [0.2, 0.25) is 0 Å². The van der Waals surface area contributed by atoms with E-state index >= 15 is 0 Å². The van der Waals surface area contributed by atoms with Crippen molar-refractivity contribution < 1.29 is 4.74 Å². The summed E-state index contributed by atoms with van der Waals surface area (Å²) in [5.41, 5.74) is 0.243. The maximum absolute atomic E-state index is 8.95. The molecule has 2 aliphatic rings. The van der Waals surface area contributed by atoms with Gasteiger partial charge in [-0.15, -0.1) is 0 Å². The van der Waals surface area contributed by atoms with E-state index in [-0.39, 0.29) is 11.3 Å². The van der Waals surface area contributed by atoms with Crippen molar-refractivity contribution in [3.8, 4) is 6.07 Å². The Hall–Kier alpha value is -0.590. The van der Waals surface area contributed by atoms with Gasteiger partial charge in [0.25, 0.3) is 0 Å². The van der Waals surface area contributed by atoms with Crippen LogP contribution in [0.25, 0.3) is 0 Å². The number of nitrogens with one attached hydrogen (secondary N) is 1. The highest BCUT2D eigenvalue weighted by atomic mass is 16.5. The van der Waals surface area contributed by atoms with E-state index in [1.807, 2.05) is 0 Å². The average Bonchev–Trinajstić information content (AvgIpc) is 2.49. The molecule has 0 saturated carbocycles. The molecule has 0 aromatic carbocycles. The second kappa shape index (κ2) is 3.04. The predicted molar refractivity (Wildman–Crippen MR) is 44.5 cm³/mol. The van der Waals surface area contributed by atoms with Crippen molar-refractivity contribution >= 4 is 0 Å². The Labute approximate surface area is 72.7 Å². The van der Waals surface area contributed by atoms with Gasteiger partial charge in [0.2, 0.25) is 0 Å². The SMILES string of the molecule is N#C[C@@H]1CNCC12CCOCC2. The zero-order valence-electron chi connectivity index (χ0n) is 7.18. The van der Waals surface area contributed by atoms with Crippen molar-refractivity contribution in [1.82, 2.24) is 5.32 Å². The first-order valence-electron chi connectivity index (χ1n) is 4.55. The van der Waals surface area contributed by atoms with E-state index in [1.165, 1.54) is 0 Å². The van der Waals surface area contributed by atoms with Crippen molar-refractivity contribution in [3.63, 3.8) is 0 Å². The van der Waals surface area contributed by atoms with Crippen molar-refractivity contribution in [1.29, 1.82) is 5.26 Å². The number of rotatable bonds is 0. The summed E-state index contributed by atoms with van der Waals surface area (Å²) < 4.78 is 5.31. The van der Waals surface area contributed by atoms with Gasteiger partial charge in [-0.2, -0.15) is 5.26 Å².